The van der Waals surface area contributed by atoms with Crippen molar-refractivity contribution in [2.24, 2.45) is 0 Å². The summed E-state index contributed by atoms with van der Waals surface area (Å²) in [4.78, 5) is 19.9. The minimum Gasteiger partial charge on any atom is -0.375 e. The Kier molecular flexibility index (Phi) is 5.68. The van der Waals surface area contributed by atoms with Gasteiger partial charge in [0.1, 0.15) is 0 Å². The number of nitrogens with zero attached hydrogens (tertiary/aromatic N) is 3. The molecule has 2 rings (SSSR count). The Morgan fingerprint density at radius 2 is 2.00 bits per heavy atom. The summed E-state index contributed by atoms with van der Waals surface area (Å²) in [5, 5.41) is 5.45. The van der Waals surface area contributed by atoms with Gasteiger partial charge in [-0.1, -0.05) is 25.1 Å². The molecule has 5 nitrogen and oxygen atoms in total. The van der Waals surface area contributed by atoms with Crippen LogP contribution in [0.25, 0.3) is 0 Å². The van der Waals surface area contributed by atoms with E-state index in [-0.39, 0.29) is 6.03 Å². The van der Waals surface area contributed by atoms with Gasteiger partial charge >= 0.3 is 6.03 Å². The summed E-state index contributed by atoms with van der Waals surface area (Å²) in [7, 11) is 0. The lowest BCUT2D eigenvalue weighted by molar-refractivity contribution is -0.0146. The molecule has 0 bridgehead atoms. The van der Waals surface area contributed by atoms with Crippen LogP contribution >= 0.6 is 0 Å². The summed E-state index contributed by atoms with van der Waals surface area (Å²) >= 11 is 0. The van der Waals surface area contributed by atoms with Gasteiger partial charge in [-0.3, -0.25) is 4.90 Å². The number of rotatable bonds is 6. The third-order valence-corrected chi connectivity index (χ3v) is 3.20. The SMILES string of the molecule is CCCN(Oc1ccccc1)C(=O)[N]CN1CCCC1. The Labute approximate surface area is 120 Å². The van der Waals surface area contributed by atoms with Gasteiger partial charge in [0.05, 0.1) is 13.2 Å². The van der Waals surface area contributed by atoms with Crippen LogP contribution < -0.4 is 10.2 Å². The van der Waals surface area contributed by atoms with Gasteiger partial charge < -0.3 is 4.84 Å². The summed E-state index contributed by atoms with van der Waals surface area (Å²) in [5.41, 5.74) is 0. The number of para-hydroxylation sites is 1. The summed E-state index contributed by atoms with van der Waals surface area (Å²) < 4.78 is 0. The fourth-order valence-electron chi connectivity index (χ4n) is 2.16. The smallest absolute Gasteiger partial charge is 0.373 e. The first-order valence-electron chi connectivity index (χ1n) is 7.24. The summed E-state index contributed by atoms with van der Waals surface area (Å²) in [5.74, 6) is 0.658. The van der Waals surface area contributed by atoms with Crippen LogP contribution in [0, 0.1) is 0 Å². The van der Waals surface area contributed by atoms with Crippen molar-refractivity contribution < 1.29 is 9.63 Å². The van der Waals surface area contributed by atoms with Gasteiger partial charge in [0, 0.05) is 0 Å². The van der Waals surface area contributed by atoms with Crippen molar-refractivity contribution in [1.82, 2.24) is 15.3 Å². The van der Waals surface area contributed by atoms with Crippen molar-refractivity contribution in [2.75, 3.05) is 26.3 Å². The highest BCUT2D eigenvalue weighted by atomic mass is 16.7. The summed E-state index contributed by atoms with van der Waals surface area (Å²) in [6, 6.07) is 9.03. The van der Waals surface area contributed by atoms with Crippen LogP contribution in [0.4, 0.5) is 4.79 Å². The zero-order valence-corrected chi connectivity index (χ0v) is 12.0. The molecular formula is C15H22N3O2. The number of amides is 2. The van der Waals surface area contributed by atoms with Crippen molar-refractivity contribution in [3.63, 3.8) is 0 Å². The van der Waals surface area contributed by atoms with E-state index in [4.69, 9.17) is 4.84 Å². The standard InChI is InChI=1S/C15H22N3O2/c1-2-10-18(20-14-8-4-3-5-9-14)15(19)16-13-17-11-6-7-12-17/h3-5,8-9H,2,6-7,10-13H2,1H3. The number of hydrogen-bond acceptors (Lipinski definition) is 3. The second-order valence-corrected chi connectivity index (χ2v) is 4.91. The number of hydroxylamine groups is 2. The third kappa shape index (κ3) is 4.42. The molecule has 0 unspecified atom stereocenters. The average molecular weight is 276 g/mol. The van der Waals surface area contributed by atoms with E-state index in [0.29, 0.717) is 19.0 Å². The molecule has 1 radical (unpaired) electrons. The molecule has 1 aromatic rings. The molecule has 0 saturated carbocycles. The maximum Gasteiger partial charge on any atom is 0.373 e. The van der Waals surface area contributed by atoms with E-state index < -0.39 is 0 Å². The van der Waals surface area contributed by atoms with Crippen molar-refractivity contribution in [1.29, 1.82) is 0 Å². The number of benzene rings is 1. The summed E-state index contributed by atoms with van der Waals surface area (Å²) in [6.45, 7) is 5.08. The predicted octanol–water partition coefficient (Wildman–Crippen LogP) is 2.47. The second kappa shape index (κ2) is 7.75. The number of carbonyl (C=O) groups is 1. The van der Waals surface area contributed by atoms with Crippen LogP contribution in [0.15, 0.2) is 30.3 Å². The minimum absolute atomic E-state index is 0.303. The molecule has 1 fully saturated rings. The van der Waals surface area contributed by atoms with Gasteiger partial charge in [-0.15, -0.1) is 0 Å². The zero-order chi connectivity index (χ0) is 14.2. The fourth-order valence-corrected chi connectivity index (χ4v) is 2.16. The van der Waals surface area contributed by atoms with E-state index in [1.807, 2.05) is 37.3 Å². The molecular weight excluding hydrogens is 254 g/mol. The first kappa shape index (κ1) is 14.7. The molecule has 0 aliphatic carbocycles. The molecule has 0 N–H and O–H groups in total. The van der Waals surface area contributed by atoms with E-state index in [1.54, 1.807) is 0 Å². The lowest BCUT2D eigenvalue weighted by atomic mass is 10.3. The van der Waals surface area contributed by atoms with Crippen LogP contribution in [0.3, 0.4) is 0 Å². The van der Waals surface area contributed by atoms with Crippen LogP contribution in [0.5, 0.6) is 5.75 Å². The molecule has 109 valence electrons. The minimum atomic E-state index is -0.303. The molecule has 1 saturated heterocycles. The van der Waals surface area contributed by atoms with Gasteiger partial charge in [0.2, 0.25) is 0 Å². The van der Waals surface area contributed by atoms with Crippen LogP contribution in [-0.4, -0.2) is 42.3 Å². The number of carbonyl (C=O) groups excluding carboxylic acids is 1. The van der Waals surface area contributed by atoms with Crippen LogP contribution in [0.1, 0.15) is 26.2 Å². The van der Waals surface area contributed by atoms with Gasteiger partial charge in [-0.05, 0) is 44.5 Å². The number of likely N-dealkylation sites (tertiary alicyclic amines) is 1. The third-order valence-electron chi connectivity index (χ3n) is 3.20. The monoisotopic (exact) mass is 276 g/mol. The zero-order valence-electron chi connectivity index (χ0n) is 12.0. The Morgan fingerprint density at radius 1 is 1.30 bits per heavy atom. The second-order valence-electron chi connectivity index (χ2n) is 4.91. The molecule has 0 aromatic heterocycles. The maximum absolute atomic E-state index is 12.1. The highest BCUT2D eigenvalue weighted by Gasteiger charge is 2.19. The fraction of sp³-hybridized carbons (Fsp3) is 0.533. The molecule has 1 aromatic carbocycles. The van der Waals surface area contributed by atoms with Crippen LogP contribution in [-0.2, 0) is 0 Å². The molecule has 5 heteroatoms. The summed E-state index contributed by atoms with van der Waals surface area (Å²) in [6.07, 6.45) is 3.23. The van der Waals surface area contributed by atoms with Crippen LogP contribution in [0.2, 0.25) is 0 Å². The lowest BCUT2D eigenvalue weighted by Crippen LogP contribution is -2.42. The van der Waals surface area contributed by atoms with E-state index in [2.05, 4.69) is 10.2 Å². The van der Waals surface area contributed by atoms with Gasteiger partial charge in [0.15, 0.2) is 5.75 Å². The lowest BCUT2D eigenvalue weighted by Gasteiger charge is -2.22. The van der Waals surface area contributed by atoms with Gasteiger partial charge in [-0.25, -0.2) is 10.1 Å². The molecule has 0 atom stereocenters. The predicted molar refractivity (Wildman–Crippen MR) is 77.3 cm³/mol. The molecule has 1 heterocycles. The average Bonchev–Trinajstić information content (AvgIpc) is 2.99. The van der Waals surface area contributed by atoms with E-state index in [0.717, 1.165) is 19.5 Å². The Balaban J connectivity index is 1.84. The first-order chi connectivity index (χ1) is 9.79. The van der Waals surface area contributed by atoms with Crippen molar-refractivity contribution in [3.05, 3.63) is 30.3 Å². The molecule has 2 amide bonds. The Hall–Kier alpha value is -1.75. The van der Waals surface area contributed by atoms with Crippen molar-refractivity contribution in [2.45, 2.75) is 26.2 Å². The van der Waals surface area contributed by atoms with E-state index >= 15 is 0 Å². The van der Waals surface area contributed by atoms with Gasteiger partial charge in [-0.2, -0.15) is 5.06 Å². The number of urea groups is 1. The highest BCUT2D eigenvalue weighted by Crippen LogP contribution is 2.11. The molecule has 20 heavy (non-hydrogen) atoms. The number of hydrogen-bond donors (Lipinski definition) is 0. The molecule has 1 aliphatic heterocycles. The Bertz CT molecular complexity index is 405. The van der Waals surface area contributed by atoms with Crippen molar-refractivity contribution in [3.8, 4) is 5.75 Å². The maximum atomic E-state index is 12.1. The normalized spacial score (nSPS) is 15.1. The van der Waals surface area contributed by atoms with Crippen molar-refractivity contribution >= 4 is 6.03 Å². The van der Waals surface area contributed by atoms with E-state index in [9.17, 15) is 4.79 Å². The Morgan fingerprint density at radius 3 is 2.65 bits per heavy atom. The quantitative estimate of drug-likeness (QED) is 0.750. The van der Waals surface area contributed by atoms with Gasteiger partial charge in [0.25, 0.3) is 0 Å². The highest BCUT2D eigenvalue weighted by molar-refractivity contribution is 5.72. The van der Waals surface area contributed by atoms with E-state index in [1.165, 1.54) is 17.9 Å². The molecule has 0 spiro atoms. The largest absolute Gasteiger partial charge is 0.375 e. The molecule has 1 aliphatic rings. The first-order valence-corrected chi connectivity index (χ1v) is 7.24. The topological polar surface area (TPSA) is 46.9 Å².